The average molecular weight is 253 g/mol. The predicted octanol–water partition coefficient (Wildman–Crippen LogP) is 0.572. The maximum absolute atomic E-state index is 5.45. The first kappa shape index (κ1) is 13.3. The summed E-state index contributed by atoms with van der Waals surface area (Å²) in [6.07, 6.45) is 1.86. The van der Waals surface area contributed by atoms with Gasteiger partial charge in [0.1, 0.15) is 5.82 Å². The number of nitrogens with one attached hydrogen (secondary N) is 2. The number of hydrogen-bond acceptors (Lipinski definition) is 5. The molecule has 0 unspecified atom stereocenters. The van der Waals surface area contributed by atoms with Gasteiger partial charge in [-0.25, -0.2) is 0 Å². The van der Waals surface area contributed by atoms with Crippen LogP contribution in [0.5, 0.6) is 0 Å². The molecule has 0 aromatic carbocycles. The molecule has 1 aliphatic rings. The van der Waals surface area contributed by atoms with Gasteiger partial charge in [-0.1, -0.05) is 6.92 Å². The molecule has 0 bridgehead atoms. The van der Waals surface area contributed by atoms with Crippen molar-refractivity contribution in [1.29, 1.82) is 0 Å². The van der Waals surface area contributed by atoms with Crippen molar-refractivity contribution < 1.29 is 4.74 Å². The Bertz CT molecular complexity index is 354. The van der Waals surface area contributed by atoms with Crippen molar-refractivity contribution in [3.8, 4) is 0 Å². The Morgan fingerprint density at radius 3 is 3.11 bits per heavy atom. The Morgan fingerprint density at radius 1 is 1.44 bits per heavy atom. The van der Waals surface area contributed by atoms with E-state index in [9.17, 15) is 0 Å². The number of piperazine rings is 1. The molecule has 1 aromatic rings. The molecule has 0 amide bonds. The third-order valence-corrected chi connectivity index (χ3v) is 3.00. The van der Waals surface area contributed by atoms with Gasteiger partial charge < -0.3 is 15.0 Å². The largest absolute Gasteiger partial charge is 0.381 e. The summed E-state index contributed by atoms with van der Waals surface area (Å²) < 4.78 is 5.45. The van der Waals surface area contributed by atoms with Gasteiger partial charge in [0.25, 0.3) is 0 Å². The number of anilines is 1. The van der Waals surface area contributed by atoms with Crippen molar-refractivity contribution in [2.45, 2.75) is 32.7 Å². The van der Waals surface area contributed by atoms with Gasteiger partial charge in [-0.2, -0.15) is 4.98 Å². The molecule has 6 nitrogen and oxygen atoms in total. The number of hydrogen-bond donors (Lipinski definition) is 2. The standard InChI is InChI=1S/C12H23N5O/c1-3-7-18-8-4-11-14-12(16-15-11)17-6-5-13-10(2)9-17/h10,13H,3-9H2,1-2H3,(H,14,15,16)/t10-/m0/s1. The molecular formula is C12H23N5O. The van der Waals surface area contributed by atoms with Crippen molar-refractivity contribution in [1.82, 2.24) is 20.5 Å². The minimum Gasteiger partial charge on any atom is -0.381 e. The van der Waals surface area contributed by atoms with Crippen LogP contribution in [0.15, 0.2) is 0 Å². The van der Waals surface area contributed by atoms with Gasteiger partial charge >= 0.3 is 0 Å². The lowest BCUT2D eigenvalue weighted by Crippen LogP contribution is -2.49. The second-order valence-corrected chi connectivity index (χ2v) is 4.75. The molecular weight excluding hydrogens is 230 g/mol. The lowest BCUT2D eigenvalue weighted by atomic mass is 10.2. The summed E-state index contributed by atoms with van der Waals surface area (Å²) in [5.74, 6) is 1.72. The first-order valence-corrected chi connectivity index (χ1v) is 6.77. The lowest BCUT2D eigenvalue weighted by molar-refractivity contribution is 0.136. The van der Waals surface area contributed by atoms with E-state index in [4.69, 9.17) is 4.74 Å². The van der Waals surface area contributed by atoms with Crippen LogP contribution in [0.2, 0.25) is 0 Å². The lowest BCUT2D eigenvalue weighted by Gasteiger charge is -2.30. The second kappa shape index (κ2) is 6.70. The number of aromatic amines is 1. The molecule has 2 N–H and O–H groups in total. The summed E-state index contributed by atoms with van der Waals surface area (Å²) in [7, 11) is 0. The SMILES string of the molecule is CCCOCCc1nc(N2CCN[C@@H](C)C2)n[nH]1. The summed E-state index contributed by atoms with van der Waals surface area (Å²) >= 11 is 0. The minimum absolute atomic E-state index is 0.494. The highest BCUT2D eigenvalue weighted by Gasteiger charge is 2.19. The van der Waals surface area contributed by atoms with Gasteiger partial charge in [-0.05, 0) is 13.3 Å². The van der Waals surface area contributed by atoms with Crippen molar-refractivity contribution in [3.63, 3.8) is 0 Å². The molecule has 18 heavy (non-hydrogen) atoms. The minimum atomic E-state index is 0.494. The van der Waals surface area contributed by atoms with Crippen LogP contribution in [0.1, 0.15) is 26.1 Å². The fourth-order valence-electron chi connectivity index (χ4n) is 2.07. The quantitative estimate of drug-likeness (QED) is 0.726. The number of H-pyrrole nitrogens is 1. The van der Waals surface area contributed by atoms with Crippen LogP contribution in [-0.2, 0) is 11.2 Å². The van der Waals surface area contributed by atoms with Gasteiger partial charge in [0, 0.05) is 38.7 Å². The third-order valence-electron chi connectivity index (χ3n) is 3.00. The Morgan fingerprint density at radius 2 is 2.33 bits per heavy atom. The van der Waals surface area contributed by atoms with Crippen LogP contribution in [-0.4, -0.2) is 54.1 Å². The Hall–Kier alpha value is -1.14. The first-order valence-electron chi connectivity index (χ1n) is 6.77. The van der Waals surface area contributed by atoms with Crippen LogP contribution >= 0.6 is 0 Å². The topological polar surface area (TPSA) is 66.1 Å². The molecule has 0 aliphatic carbocycles. The highest BCUT2D eigenvalue weighted by Crippen LogP contribution is 2.10. The number of rotatable bonds is 6. The fraction of sp³-hybridized carbons (Fsp3) is 0.833. The zero-order valence-electron chi connectivity index (χ0n) is 11.3. The molecule has 1 atom stereocenters. The molecule has 2 heterocycles. The van der Waals surface area contributed by atoms with Crippen molar-refractivity contribution in [2.75, 3.05) is 37.7 Å². The van der Waals surface area contributed by atoms with Crippen LogP contribution in [0.4, 0.5) is 5.95 Å². The number of ether oxygens (including phenoxy) is 1. The van der Waals surface area contributed by atoms with E-state index in [0.717, 1.165) is 50.9 Å². The molecule has 102 valence electrons. The van der Waals surface area contributed by atoms with Gasteiger partial charge in [-0.3, -0.25) is 5.10 Å². The van der Waals surface area contributed by atoms with E-state index in [1.807, 2.05) is 0 Å². The Labute approximate surface area is 108 Å². The number of aromatic nitrogens is 3. The summed E-state index contributed by atoms with van der Waals surface area (Å²) in [5.41, 5.74) is 0. The van der Waals surface area contributed by atoms with E-state index in [0.29, 0.717) is 12.6 Å². The van der Waals surface area contributed by atoms with E-state index < -0.39 is 0 Å². The molecule has 0 saturated carbocycles. The van der Waals surface area contributed by atoms with Crippen LogP contribution in [0, 0.1) is 0 Å². The zero-order valence-corrected chi connectivity index (χ0v) is 11.3. The predicted molar refractivity (Wildman–Crippen MR) is 70.9 cm³/mol. The van der Waals surface area contributed by atoms with Gasteiger partial charge in [-0.15, -0.1) is 5.10 Å². The molecule has 0 spiro atoms. The van der Waals surface area contributed by atoms with E-state index in [-0.39, 0.29) is 0 Å². The number of nitrogens with zero attached hydrogens (tertiary/aromatic N) is 3. The van der Waals surface area contributed by atoms with Gasteiger partial charge in [0.05, 0.1) is 6.61 Å². The monoisotopic (exact) mass is 253 g/mol. The van der Waals surface area contributed by atoms with E-state index in [2.05, 4.69) is 39.2 Å². The van der Waals surface area contributed by atoms with E-state index in [1.165, 1.54) is 0 Å². The average Bonchev–Trinajstić information content (AvgIpc) is 2.83. The smallest absolute Gasteiger partial charge is 0.244 e. The summed E-state index contributed by atoms with van der Waals surface area (Å²) in [4.78, 5) is 6.73. The van der Waals surface area contributed by atoms with E-state index >= 15 is 0 Å². The third kappa shape index (κ3) is 3.68. The van der Waals surface area contributed by atoms with Crippen molar-refractivity contribution >= 4 is 5.95 Å². The van der Waals surface area contributed by atoms with Crippen LogP contribution in [0.25, 0.3) is 0 Å². The zero-order chi connectivity index (χ0) is 12.8. The fourth-order valence-corrected chi connectivity index (χ4v) is 2.07. The summed E-state index contributed by atoms with van der Waals surface area (Å²) in [6, 6.07) is 0.494. The van der Waals surface area contributed by atoms with Crippen LogP contribution in [0.3, 0.4) is 0 Å². The maximum Gasteiger partial charge on any atom is 0.244 e. The molecule has 0 radical (unpaired) electrons. The molecule has 1 aromatic heterocycles. The maximum atomic E-state index is 5.45. The van der Waals surface area contributed by atoms with Crippen molar-refractivity contribution in [2.24, 2.45) is 0 Å². The molecule has 1 saturated heterocycles. The first-order chi connectivity index (χ1) is 8.79. The summed E-state index contributed by atoms with van der Waals surface area (Å²) in [6.45, 7) is 8.73. The Balaban J connectivity index is 1.81. The highest BCUT2D eigenvalue weighted by atomic mass is 16.5. The molecule has 1 fully saturated rings. The Kier molecular flexibility index (Phi) is 4.95. The van der Waals surface area contributed by atoms with Crippen LogP contribution < -0.4 is 10.2 Å². The van der Waals surface area contributed by atoms with Gasteiger partial charge in [0.15, 0.2) is 0 Å². The van der Waals surface area contributed by atoms with Gasteiger partial charge in [0.2, 0.25) is 5.95 Å². The molecule has 6 heteroatoms. The summed E-state index contributed by atoms with van der Waals surface area (Å²) in [5, 5.41) is 10.7. The molecule has 1 aliphatic heterocycles. The van der Waals surface area contributed by atoms with Crippen molar-refractivity contribution in [3.05, 3.63) is 5.82 Å². The molecule has 2 rings (SSSR count). The second-order valence-electron chi connectivity index (χ2n) is 4.75. The highest BCUT2D eigenvalue weighted by molar-refractivity contribution is 5.30. The normalized spacial score (nSPS) is 20.3. The van der Waals surface area contributed by atoms with E-state index in [1.54, 1.807) is 0 Å².